The van der Waals surface area contributed by atoms with Gasteiger partial charge in [-0.2, -0.15) is 0 Å². The molecule has 17 heavy (non-hydrogen) atoms. The summed E-state index contributed by atoms with van der Waals surface area (Å²) < 4.78 is 5.12. The highest BCUT2D eigenvalue weighted by Gasteiger charge is 2.03. The summed E-state index contributed by atoms with van der Waals surface area (Å²) >= 11 is 0. The number of rotatable bonds is 7. The Balaban J connectivity index is 2.34. The number of unbranched alkanes of at least 4 members (excludes halogenated alkanes) is 2. The van der Waals surface area contributed by atoms with Crippen molar-refractivity contribution in [2.24, 2.45) is 0 Å². The minimum absolute atomic E-state index is 0.0781. The lowest BCUT2D eigenvalue weighted by molar-refractivity contribution is -0.120. The summed E-state index contributed by atoms with van der Waals surface area (Å²) in [5.41, 5.74) is 0.984. The normalized spacial score (nSPS) is 10.0. The van der Waals surface area contributed by atoms with Gasteiger partial charge >= 0.3 is 0 Å². The molecule has 0 bridgehead atoms. The minimum Gasteiger partial charge on any atom is -0.497 e. The van der Waals surface area contributed by atoms with Gasteiger partial charge in [0.05, 0.1) is 13.5 Å². The maximum atomic E-state index is 11.6. The highest BCUT2D eigenvalue weighted by molar-refractivity contribution is 5.78. The summed E-state index contributed by atoms with van der Waals surface area (Å²) in [4.78, 5) is 11.6. The first-order chi connectivity index (χ1) is 8.26. The Kier molecular flexibility index (Phi) is 6.15. The van der Waals surface area contributed by atoms with Gasteiger partial charge in [0.1, 0.15) is 5.75 Å². The highest BCUT2D eigenvalue weighted by atomic mass is 16.5. The zero-order valence-electron chi connectivity index (χ0n) is 10.7. The van der Waals surface area contributed by atoms with Crippen LogP contribution in [0.15, 0.2) is 24.3 Å². The number of carbonyl (C=O) groups is 1. The van der Waals surface area contributed by atoms with Crippen LogP contribution in [0.2, 0.25) is 0 Å². The minimum atomic E-state index is 0.0781. The topological polar surface area (TPSA) is 38.3 Å². The van der Waals surface area contributed by atoms with Crippen molar-refractivity contribution in [1.82, 2.24) is 5.32 Å². The largest absolute Gasteiger partial charge is 0.497 e. The zero-order valence-corrected chi connectivity index (χ0v) is 10.7. The van der Waals surface area contributed by atoms with Gasteiger partial charge in [-0.25, -0.2) is 0 Å². The van der Waals surface area contributed by atoms with Crippen LogP contribution in [-0.4, -0.2) is 19.6 Å². The lowest BCUT2D eigenvalue weighted by atomic mass is 10.1. The first-order valence-corrected chi connectivity index (χ1v) is 6.16. The molecule has 0 heterocycles. The molecular weight excluding hydrogens is 214 g/mol. The van der Waals surface area contributed by atoms with Crippen molar-refractivity contribution in [3.8, 4) is 5.75 Å². The van der Waals surface area contributed by atoms with Crippen molar-refractivity contribution in [3.05, 3.63) is 29.8 Å². The molecule has 1 aromatic rings. The molecule has 1 amide bonds. The van der Waals surface area contributed by atoms with Gasteiger partial charge in [-0.3, -0.25) is 4.79 Å². The Hall–Kier alpha value is -1.51. The number of methoxy groups -OCH3 is 1. The monoisotopic (exact) mass is 235 g/mol. The van der Waals surface area contributed by atoms with Crippen molar-refractivity contribution in [2.75, 3.05) is 13.7 Å². The van der Waals surface area contributed by atoms with E-state index in [0.717, 1.165) is 24.3 Å². The third-order valence-corrected chi connectivity index (χ3v) is 2.60. The summed E-state index contributed by atoms with van der Waals surface area (Å²) in [5, 5.41) is 2.92. The number of carbonyl (C=O) groups excluding carboxylic acids is 1. The predicted molar refractivity (Wildman–Crippen MR) is 69.2 cm³/mol. The van der Waals surface area contributed by atoms with E-state index >= 15 is 0 Å². The van der Waals surface area contributed by atoms with Crippen LogP contribution in [0.1, 0.15) is 31.7 Å². The van der Waals surface area contributed by atoms with Crippen LogP contribution in [0.25, 0.3) is 0 Å². The second-order valence-corrected chi connectivity index (χ2v) is 4.09. The summed E-state index contributed by atoms with van der Waals surface area (Å²) in [5.74, 6) is 0.871. The molecule has 0 saturated heterocycles. The maximum Gasteiger partial charge on any atom is 0.224 e. The van der Waals surface area contributed by atoms with Gasteiger partial charge in [-0.1, -0.05) is 31.9 Å². The van der Waals surface area contributed by atoms with Crippen molar-refractivity contribution < 1.29 is 9.53 Å². The van der Waals surface area contributed by atoms with E-state index in [1.165, 1.54) is 12.8 Å². The van der Waals surface area contributed by atoms with E-state index in [1.807, 2.05) is 24.3 Å². The van der Waals surface area contributed by atoms with E-state index in [1.54, 1.807) is 7.11 Å². The van der Waals surface area contributed by atoms with Gasteiger partial charge in [0.2, 0.25) is 5.91 Å². The first-order valence-electron chi connectivity index (χ1n) is 6.16. The fourth-order valence-electron chi connectivity index (χ4n) is 1.63. The number of hydrogen-bond acceptors (Lipinski definition) is 2. The van der Waals surface area contributed by atoms with Crippen molar-refractivity contribution in [2.45, 2.75) is 32.6 Å². The smallest absolute Gasteiger partial charge is 0.224 e. The third kappa shape index (κ3) is 5.38. The van der Waals surface area contributed by atoms with Crippen molar-refractivity contribution in [3.63, 3.8) is 0 Å². The van der Waals surface area contributed by atoms with Crippen LogP contribution in [0.4, 0.5) is 0 Å². The molecule has 0 radical (unpaired) electrons. The molecule has 3 nitrogen and oxygen atoms in total. The second-order valence-electron chi connectivity index (χ2n) is 4.09. The molecule has 0 aliphatic rings. The van der Waals surface area contributed by atoms with Gasteiger partial charge < -0.3 is 10.1 Å². The molecule has 0 atom stereocenters. The highest BCUT2D eigenvalue weighted by Crippen LogP contribution is 2.12. The van der Waals surface area contributed by atoms with Crippen LogP contribution in [0, 0.1) is 0 Å². The van der Waals surface area contributed by atoms with E-state index in [4.69, 9.17) is 4.74 Å². The summed E-state index contributed by atoms with van der Waals surface area (Å²) in [7, 11) is 1.63. The fraction of sp³-hybridized carbons (Fsp3) is 0.500. The molecule has 1 rings (SSSR count). The van der Waals surface area contributed by atoms with E-state index in [0.29, 0.717) is 6.42 Å². The van der Waals surface area contributed by atoms with Gasteiger partial charge in [-0.15, -0.1) is 0 Å². The summed E-state index contributed by atoms with van der Waals surface area (Å²) in [6, 6.07) is 7.61. The standard InChI is InChI=1S/C14H21NO2/c1-3-4-5-9-15-14(16)11-12-7-6-8-13(10-12)17-2/h6-8,10H,3-5,9,11H2,1-2H3,(H,15,16). The first kappa shape index (κ1) is 13.6. The SMILES string of the molecule is CCCCCNC(=O)Cc1cccc(OC)c1. The molecular formula is C14H21NO2. The van der Waals surface area contributed by atoms with E-state index < -0.39 is 0 Å². The van der Waals surface area contributed by atoms with Crippen LogP contribution in [0.3, 0.4) is 0 Å². The average Bonchev–Trinajstić information content (AvgIpc) is 2.35. The Morgan fingerprint density at radius 2 is 2.18 bits per heavy atom. The lowest BCUT2D eigenvalue weighted by Gasteiger charge is -2.06. The number of ether oxygens (including phenoxy) is 1. The van der Waals surface area contributed by atoms with Gasteiger partial charge in [-0.05, 0) is 24.1 Å². The Bertz CT molecular complexity index is 350. The van der Waals surface area contributed by atoms with Crippen LogP contribution < -0.4 is 10.1 Å². The predicted octanol–water partition coefficient (Wildman–Crippen LogP) is 2.54. The molecule has 0 unspecified atom stereocenters. The molecule has 0 aliphatic carbocycles. The average molecular weight is 235 g/mol. The Labute approximate surface area is 103 Å². The Morgan fingerprint density at radius 3 is 2.88 bits per heavy atom. The number of nitrogens with one attached hydrogen (secondary N) is 1. The molecule has 0 aromatic heterocycles. The lowest BCUT2D eigenvalue weighted by Crippen LogP contribution is -2.26. The van der Waals surface area contributed by atoms with Crippen LogP contribution in [-0.2, 0) is 11.2 Å². The second kappa shape index (κ2) is 7.71. The van der Waals surface area contributed by atoms with E-state index in [-0.39, 0.29) is 5.91 Å². The molecule has 1 aromatic carbocycles. The number of amides is 1. The molecule has 1 N–H and O–H groups in total. The fourth-order valence-corrected chi connectivity index (χ4v) is 1.63. The van der Waals surface area contributed by atoms with Crippen LogP contribution in [0.5, 0.6) is 5.75 Å². The number of hydrogen-bond donors (Lipinski definition) is 1. The Morgan fingerprint density at radius 1 is 1.35 bits per heavy atom. The quantitative estimate of drug-likeness (QED) is 0.738. The van der Waals surface area contributed by atoms with Gasteiger partial charge in [0, 0.05) is 6.54 Å². The zero-order chi connectivity index (χ0) is 12.5. The molecule has 3 heteroatoms. The third-order valence-electron chi connectivity index (χ3n) is 2.60. The maximum absolute atomic E-state index is 11.6. The van der Waals surface area contributed by atoms with E-state index in [2.05, 4.69) is 12.2 Å². The van der Waals surface area contributed by atoms with Gasteiger partial charge in [0.15, 0.2) is 0 Å². The van der Waals surface area contributed by atoms with Crippen LogP contribution >= 0.6 is 0 Å². The molecule has 94 valence electrons. The van der Waals surface area contributed by atoms with Gasteiger partial charge in [0.25, 0.3) is 0 Å². The summed E-state index contributed by atoms with van der Waals surface area (Å²) in [6.07, 6.45) is 3.81. The molecule has 0 aliphatic heterocycles. The number of benzene rings is 1. The molecule has 0 spiro atoms. The van der Waals surface area contributed by atoms with Crippen molar-refractivity contribution >= 4 is 5.91 Å². The molecule has 0 fully saturated rings. The van der Waals surface area contributed by atoms with E-state index in [9.17, 15) is 4.79 Å². The van der Waals surface area contributed by atoms with Crippen molar-refractivity contribution in [1.29, 1.82) is 0 Å². The summed E-state index contributed by atoms with van der Waals surface area (Å²) in [6.45, 7) is 2.93. The molecule has 0 saturated carbocycles.